The van der Waals surface area contributed by atoms with E-state index in [1.165, 1.54) is 19.3 Å². The Morgan fingerprint density at radius 3 is 2.11 bits per heavy atom. The number of amides is 2. The number of carbonyl (C=O) groups is 2. The summed E-state index contributed by atoms with van der Waals surface area (Å²) in [6.07, 6.45) is 7.18. The molecule has 8 rings (SSSR count). The highest BCUT2D eigenvalue weighted by atomic mass is 16.2. The van der Waals surface area contributed by atoms with Crippen LogP contribution in [0.15, 0.2) is 72.8 Å². The van der Waals surface area contributed by atoms with Crippen molar-refractivity contribution in [3.8, 4) is 11.4 Å². The molecule has 1 aromatic heterocycles. The average molecular weight is 491 g/mol. The van der Waals surface area contributed by atoms with E-state index < -0.39 is 0 Å². The molecule has 4 aromatic rings. The highest BCUT2D eigenvalue weighted by Gasteiger charge is 2.54. The monoisotopic (exact) mass is 490 g/mol. The van der Waals surface area contributed by atoms with Gasteiger partial charge in [0.05, 0.1) is 16.4 Å². The second-order valence-corrected chi connectivity index (χ2v) is 11.4. The summed E-state index contributed by atoms with van der Waals surface area (Å²) in [7, 11) is 0. The molecule has 4 bridgehead atoms. The molecule has 0 aliphatic heterocycles. The van der Waals surface area contributed by atoms with E-state index >= 15 is 0 Å². The van der Waals surface area contributed by atoms with E-state index in [-0.39, 0.29) is 17.2 Å². The van der Waals surface area contributed by atoms with Crippen molar-refractivity contribution in [3.05, 3.63) is 78.4 Å². The molecular formula is C31H30N4O2. The highest BCUT2D eigenvalue weighted by Crippen LogP contribution is 2.60. The molecule has 0 atom stereocenters. The number of aromatic amines is 1. The number of H-pyrrole nitrogens is 1. The Labute approximate surface area is 215 Å². The molecule has 0 unspecified atom stereocenters. The fraction of sp³-hybridized carbons (Fsp3) is 0.323. The standard InChI is InChI=1S/C31H30N4O2/c36-29(32-24-4-2-1-3-5-24)23-8-11-26-27(15-23)35-28(34-26)22-6-9-25(10-7-22)33-30(37)31-16-19-12-20(17-31)14-21(13-19)18-31/h1-11,15,19-21H,12-14,16-18H2,(H,32,36)(H,33,37)(H,34,35). The SMILES string of the molecule is O=C(Nc1ccccc1)c1ccc2nc(-c3ccc(NC(=O)C45CC6CC(CC(C6)C4)C5)cc3)[nH]c2c1. The van der Waals surface area contributed by atoms with Crippen LogP contribution in [0, 0.1) is 23.2 Å². The van der Waals surface area contributed by atoms with Crippen molar-refractivity contribution in [3.63, 3.8) is 0 Å². The zero-order chi connectivity index (χ0) is 25.0. The van der Waals surface area contributed by atoms with Gasteiger partial charge in [-0.25, -0.2) is 4.98 Å². The van der Waals surface area contributed by atoms with E-state index in [2.05, 4.69) is 15.6 Å². The second kappa shape index (κ2) is 8.58. The van der Waals surface area contributed by atoms with E-state index in [1.807, 2.05) is 66.7 Å². The molecular weight excluding hydrogens is 460 g/mol. The summed E-state index contributed by atoms with van der Waals surface area (Å²) in [5.41, 5.74) is 4.53. The Balaban J connectivity index is 1.06. The van der Waals surface area contributed by atoms with Crippen LogP contribution in [-0.2, 0) is 4.79 Å². The zero-order valence-electron chi connectivity index (χ0n) is 20.7. The molecule has 0 spiro atoms. The topological polar surface area (TPSA) is 86.9 Å². The Morgan fingerprint density at radius 1 is 0.784 bits per heavy atom. The van der Waals surface area contributed by atoms with Crippen LogP contribution < -0.4 is 10.6 Å². The number of rotatable bonds is 5. The van der Waals surface area contributed by atoms with Crippen molar-refractivity contribution in [2.24, 2.45) is 23.2 Å². The van der Waals surface area contributed by atoms with Gasteiger partial charge in [-0.05, 0) is 111 Å². The summed E-state index contributed by atoms with van der Waals surface area (Å²) in [6.45, 7) is 0. The first-order valence-corrected chi connectivity index (χ1v) is 13.3. The van der Waals surface area contributed by atoms with Crippen molar-refractivity contribution in [1.82, 2.24) is 9.97 Å². The van der Waals surface area contributed by atoms with E-state index in [1.54, 1.807) is 6.07 Å². The smallest absolute Gasteiger partial charge is 0.255 e. The maximum absolute atomic E-state index is 13.4. The lowest BCUT2D eigenvalue weighted by Crippen LogP contribution is -2.51. The minimum Gasteiger partial charge on any atom is -0.338 e. The van der Waals surface area contributed by atoms with Crippen LogP contribution in [0.1, 0.15) is 48.9 Å². The first-order chi connectivity index (χ1) is 18.0. The molecule has 1 heterocycles. The fourth-order valence-electron chi connectivity index (χ4n) is 7.38. The number of fused-ring (bicyclic) bond motifs is 1. The summed E-state index contributed by atoms with van der Waals surface area (Å²) >= 11 is 0. The number of benzene rings is 3. The summed E-state index contributed by atoms with van der Waals surface area (Å²) in [6, 6.07) is 22.8. The minimum absolute atomic E-state index is 0.156. The number of nitrogens with one attached hydrogen (secondary N) is 3. The van der Waals surface area contributed by atoms with Crippen LogP contribution in [-0.4, -0.2) is 21.8 Å². The molecule has 4 aliphatic rings. The van der Waals surface area contributed by atoms with Gasteiger partial charge in [0.25, 0.3) is 5.91 Å². The summed E-state index contributed by atoms with van der Waals surface area (Å²) in [4.78, 5) is 34.1. The Bertz CT molecular complexity index is 1450. The predicted octanol–water partition coefficient (Wildman–Crippen LogP) is 6.64. The maximum atomic E-state index is 13.4. The average Bonchev–Trinajstić information content (AvgIpc) is 3.32. The molecule has 0 radical (unpaired) electrons. The third-order valence-corrected chi connectivity index (χ3v) is 8.71. The predicted molar refractivity (Wildman–Crippen MR) is 145 cm³/mol. The number of aromatic nitrogens is 2. The number of hydrogen-bond donors (Lipinski definition) is 3. The summed E-state index contributed by atoms with van der Waals surface area (Å²) in [5.74, 6) is 3.02. The van der Waals surface area contributed by atoms with Crippen LogP contribution in [0.5, 0.6) is 0 Å². The Hall–Kier alpha value is -3.93. The van der Waals surface area contributed by atoms with Gasteiger partial charge in [0.2, 0.25) is 5.91 Å². The largest absolute Gasteiger partial charge is 0.338 e. The van der Waals surface area contributed by atoms with E-state index in [9.17, 15) is 9.59 Å². The first kappa shape index (κ1) is 22.3. The summed E-state index contributed by atoms with van der Waals surface area (Å²) < 4.78 is 0. The van der Waals surface area contributed by atoms with Gasteiger partial charge in [-0.3, -0.25) is 9.59 Å². The molecule has 37 heavy (non-hydrogen) atoms. The van der Waals surface area contributed by atoms with Gasteiger partial charge >= 0.3 is 0 Å². The molecule has 4 fully saturated rings. The fourth-order valence-corrected chi connectivity index (χ4v) is 7.38. The van der Waals surface area contributed by atoms with Gasteiger partial charge in [-0.1, -0.05) is 18.2 Å². The molecule has 0 saturated heterocycles. The molecule has 3 aromatic carbocycles. The third-order valence-electron chi connectivity index (χ3n) is 8.71. The Kier molecular flexibility index (Phi) is 5.17. The molecule has 4 saturated carbocycles. The quantitative estimate of drug-likeness (QED) is 0.293. The summed E-state index contributed by atoms with van der Waals surface area (Å²) in [5, 5.41) is 6.15. The zero-order valence-corrected chi connectivity index (χ0v) is 20.7. The van der Waals surface area contributed by atoms with E-state index in [0.29, 0.717) is 5.56 Å². The number of nitrogens with zero attached hydrogens (tertiary/aromatic N) is 1. The van der Waals surface area contributed by atoms with Gasteiger partial charge in [0.15, 0.2) is 0 Å². The number of para-hydroxylation sites is 1. The van der Waals surface area contributed by atoms with Crippen molar-refractivity contribution in [2.45, 2.75) is 38.5 Å². The van der Waals surface area contributed by atoms with Crippen LogP contribution in [0.4, 0.5) is 11.4 Å². The van der Waals surface area contributed by atoms with Gasteiger partial charge in [-0.2, -0.15) is 0 Å². The van der Waals surface area contributed by atoms with Gasteiger partial charge < -0.3 is 15.6 Å². The van der Waals surface area contributed by atoms with Gasteiger partial charge in [0, 0.05) is 22.5 Å². The highest BCUT2D eigenvalue weighted by molar-refractivity contribution is 6.06. The molecule has 4 aliphatic carbocycles. The molecule has 3 N–H and O–H groups in total. The van der Waals surface area contributed by atoms with Crippen LogP contribution in [0.25, 0.3) is 22.4 Å². The maximum Gasteiger partial charge on any atom is 0.255 e. The number of imidazole rings is 1. The number of hydrogen-bond acceptors (Lipinski definition) is 3. The van der Waals surface area contributed by atoms with Crippen molar-refractivity contribution < 1.29 is 9.59 Å². The van der Waals surface area contributed by atoms with Gasteiger partial charge in [-0.15, -0.1) is 0 Å². The van der Waals surface area contributed by atoms with Crippen LogP contribution in [0.2, 0.25) is 0 Å². The number of anilines is 2. The number of carbonyl (C=O) groups excluding carboxylic acids is 2. The lowest BCUT2D eigenvalue weighted by atomic mass is 9.49. The Morgan fingerprint density at radius 2 is 1.43 bits per heavy atom. The third kappa shape index (κ3) is 4.10. The normalized spacial score (nSPS) is 25.8. The van der Waals surface area contributed by atoms with Crippen molar-refractivity contribution in [2.75, 3.05) is 10.6 Å². The molecule has 186 valence electrons. The molecule has 6 nitrogen and oxygen atoms in total. The lowest BCUT2D eigenvalue weighted by Gasteiger charge is -2.55. The molecule has 2 amide bonds. The van der Waals surface area contributed by atoms with Crippen LogP contribution in [0.3, 0.4) is 0 Å². The first-order valence-electron chi connectivity index (χ1n) is 13.3. The van der Waals surface area contributed by atoms with Crippen molar-refractivity contribution in [1.29, 1.82) is 0 Å². The molecule has 6 heteroatoms. The minimum atomic E-state index is -0.164. The van der Waals surface area contributed by atoms with E-state index in [0.717, 1.165) is 70.8 Å². The van der Waals surface area contributed by atoms with Crippen molar-refractivity contribution >= 4 is 34.2 Å². The second-order valence-electron chi connectivity index (χ2n) is 11.4. The van der Waals surface area contributed by atoms with Crippen LogP contribution >= 0.6 is 0 Å². The lowest BCUT2D eigenvalue weighted by molar-refractivity contribution is -0.140. The van der Waals surface area contributed by atoms with Gasteiger partial charge in [0.1, 0.15) is 5.82 Å². The van der Waals surface area contributed by atoms with E-state index in [4.69, 9.17) is 4.98 Å².